The van der Waals surface area contributed by atoms with Crippen LogP contribution in [0.5, 0.6) is 0 Å². The number of hydrogen-bond donors (Lipinski definition) is 2. The molecule has 7 nitrogen and oxygen atoms in total. The molecule has 0 spiro atoms. The van der Waals surface area contributed by atoms with Gasteiger partial charge in [0.1, 0.15) is 11.3 Å². The quantitative estimate of drug-likeness (QED) is 0.666. The van der Waals surface area contributed by atoms with Crippen molar-refractivity contribution in [2.45, 2.75) is 26.2 Å². The van der Waals surface area contributed by atoms with Crippen molar-refractivity contribution < 1.29 is 9.18 Å². The number of fused-ring (bicyclic) bond motifs is 1. The average molecular weight is 343 g/mol. The van der Waals surface area contributed by atoms with E-state index in [0.717, 1.165) is 12.8 Å². The van der Waals surface area contributed by atoms with Crippen molar-refractivity contribution in [2.75, 3.05) is 6.54 Å². The molecule has 2 aromatic heterocycles. The summed E-state index contributed by atoms with van der Waals surface area (Å²) in [7, 11) is 0. The molecule has 0 atom stereocenters. The Labute approximate surface area is 142 Å². The minimum absolute atomic E-state index is 0.00152. The number of carbonyl (C=O) groups excluding carboxylic acids is 1. The number of rotatable bonds is 6. The van der Waals surface area contributed by atoms with Crippen LogP contribution in [0.2, 0.25) is 0 Å². The summed E-state index contributed by atoms with van der Waals surface area (Å²) >= 11 is 0. The summed E-state index contributed by atoms with van der Waals surface area (Å²) in [6.45, 7) is 2.64. The zero-order valence-electron chi connectivity index (χ0n) is 13.8. The maximum absolute atomic E-state index is 13.1. The van der Waals surface area contributed by atoms with Crippen molar-refractivity contribution in [3.05, 3.63) is 52.3 Å². The molecular formula is C17H18FN5O2. The molecule has 130 valence electrons. The molecule has 0 aliphatic rings. The first kappa shape index (κ1) is 16.8. The second-order valence-electron chi connectivity index (χ2n) is 5.68. The number of amides is 1. The van der Waals surface area contributed by atoms with E-state index in [9.17, 15) is 14.0 Å². The first-order valence-electron chi connectivity index (χ1n) is 8.08. The molecule has 3 aromatic rings. The van der Waals surface area contributed by atoms with Crippen molar-refractivity contribution >= 4 is 11.4 Å². The summed E-state index contributed by atoms with van der Waals surface area (Å²) in [5.41, 5.74) is 1.05. The van der Waals surface area contributed by atoms with Crippen LogP contribution in [-0.4, -0.2) is 32.3 Å². The van der Waals surface area contributed by atoms with E-state index in [1.807, 2.05) is 6.92 Å². The minimum atomic E-state index is -0.406. The number of hydrogen-bond acceptors (Lipinski definition) is 4. The third kappa shape index (κ3) is 3.73. The van der Waals surface area contributed by atoms with Gasteiger partial charge >= 0.3 is 0 Å². The van der Waals surface area contributed by atoms with Crippen molar-refractivity contribution in [3.8, 4) is 11.3 Å². The van der Waals surface area contributed by atoms with Gasteiger partial charge in [-0.2, -0.15) is 10.2 Å². The van der Waals surface area contributed by atoms with Gasteiger partial charge in [0, 0.05) is 12.1 Å². The number of nitrogens with zero attached hydrogens (tertiary/aromatic N) is 3. The minimum Gasteiger partial charge on any atom is -0.356 e. The van der Waals surface area contributed by atoms with Gasteiger partial charge in [-0.25, -0.2) is 14.0 Å². The molecule has 0 aliphatic carbocycles. The smallest absolute Gasteiger partial charge is 0.290 e. The second kappa shape index (κ2) is 7.25. The van der Waals surface area contributed by atoms with Crippen LogP contribution in [0.4, 0.5) is 4.39 Å². The Morgan fingerprint density at radius 3 is 2.80 bits per heavy atom. The number of halogens is 1. The number of H-pyrrole nitrogens is 1. The molecule has 0 saturated carbocycles. The predicted molar refractivity (Wildman–Crippen MR) is 90.6 cm³/mol. The van der Waals surface area contributed by atoms with E-state index in [2.05, 4.69) is 20.6 Å². The van der Waals surface area contributed by atoms with Gasteiger partial charge in [0.25, 0.3) is 5.56 Å². The van der Waals surface area contributed by atoms with Crippen LogP contribution in [0.25, 0.3) is 16.8 Å². The lowest BCUT2D eigenvalue weighted by molar-refractivity contribution is -0.120. The monoisotopic (exact) mass is 343 g/mol. The Balaban J connectivity index is 1.92. The molecule has 8 heteroatoms. The van der Waals surface area contributed by atoms with E-state index in [4.69, 9.17) is 0 Å². The fourth-order valence-corrected chi connectivity index (χ4v) is 2.45. The molecular weight excluding hydrogens is 325 g/mol. The Bertz CT molecular complexity index is 946. The van der Waals surface area contributed by atoms with Gasteiger partial charge in [-0.3, -0.25) is 9.59 Å². The molecule has 2 N–H and O–H groups in total. The summed E-state index contributed by atoms with van der Waals surface area (Å²) in [5, 5.41) is 13.5. The fourth-order valence-electron chi connectivity index (χ4n) is 2.45. The molecule has 1 amide bonds. The highest BCUT2D eigenvalue weighted by molar-refractivity contribution is 5.78. The molecule has 0 fully saturated rings. The molecule has 0 unspecified atom stereocenters. The number of unbranched alkanes of at least 4 members (excludes halogenated alkanes) is 1. The highest BCUT2D eigenvalue weighted by Crippen LogP contribution is 2.19. The summed E-state index contributed by atoms with van der Waals surface area (Å²) in [6, 6.07) is 7.39. The summed E-state index contributed by atoms with van der Waals surface area (Å²) < 4.78 is 14.4. The largest absolute Gasteiger partial charge is 0.356 e. The lowest BCUT2D eigenvalue weighted by Crippen LogP contribution is -2.28. The third-order valence-corrected chi connectivity index (χ3v) is 3.78. The van der Waals surface area contributed by atoms with E-state index < -0.39 is 5.56 Å². The number of benzene rings is 1. The molecule has 0 bridgehead atoms. The number of carbonyl (C=O) groups is 1. The van der Waals surface area contributed by atoms with E-state index >= 15 is 0 Å². The van der Waals surface area contributed by atoms with Gasteiger partial charge in [0.05, 0.1) is 12.1 Å². The Morgan fingerprint density at radius 2 is 2.08 bits per heavy atom. The maximum atomic E-state index is 13.1. The molecule has 0 radical (unpaired) electrons. The van der Waals surface area contributed by atoms with Gasteiger partial charge < -0.3 is 5.32 Å². The van der Waals surface area contributed by atoms with Gasteiger partial charge in [-0.15, -0.1) is 0 Å². The first-order chi connectivity index (χ1) is 12.1. The van der Waals surface area contributed by atoms with Crippen LogP contribution in [0, 0.1) is 5.82 Å². The number of nitrogens with one attached hydrogen (secondary N) is 2. The Morgan fingerprint density at radius 1 is 1.32 bits per heavy atom. The lowest BCUT2D eigenvalue weighted by Gasteiger charge is -2.05. The standard InChI is InChI=1S/C17H18FN5O2/c1-2-3-8-19-16(24)10-15-20-21-17(25)14-9-13(22-23(14)15)11-4-6-12(18)7-5-11/h4-7,9H,2-3,8,10H2,1H3,(H,19,24)(H,21,25). The van der Waals surface area contributed by atoms with Crippen molar-refractivity contribution in [3.63, 3.8) is 0 Å². The predicted octanol–water partition coefficient (Wildman–Crippen LogP) is 1.68. The van der Waals surface area contributed by atoms with Crippen molar-refractivity contribution in [2.24, 2.45) is 0 Å². The van der Waals surface area contributed by atoms with Crippen LogP contribution in [0.1, 0.15) is 25.6 Å². The van der Waals surface area contributed by atoms with E-state index in [0.29, 0.717) is 23.6 Å². The third-order valence-electron chi connectivity index (χ3n) is 3.78. The molecule has 1 aromatic carbocycles. The van der Waals surface area contributed by atoms with Crippen molar-refractivity contribution in [1.29, 1.82) is 0 Å². The Hall–Kier alpha value is -3.03. The van der Waals surface area contributed by atoms with E-state index in [1.54, 1.807) is 18.2 Å². The summed E-state index contributed by atoms with van der Waals surface area (Å²) in [6.07, 6.45) is 1.89. The molecule has 3 rings (SSSR count). The van der Waals surface area contributed by atoms with Crippen LogP contribution < -0.4 is 10.9 Å². The molecule has 0 aliphatic heterocycles. The second-order valence-corrected chi connectivity index (χ2v) is 5.68. The number of aromatic nitrogens is 4. The van der Waals surface area contributed by atoms with Gasteiger partial charge in [0.2, 0.25) is 5.91 Å². The zero-order chi connectivity index (χ0) is 17.8. The molecule has 0 saturated heterocycles. The topological polar surface area (TPSA) is 92.1 Å². The summed E-state index contributed by atoms with van der Waals surface area (Å²) in [5.74, 6) is -0.207. The normalized spacial score (nSPS) is 11.0. The average Bonchev–Trinajstić information content (AvgIpc) is 3.05. The summed E-state index contributed by atoms with van der Waals surface area (Å²) in [4.78, 5) is 24.0. The zero-order valence-corrected chi connectivity index (χ0v) is 13.8. The lowest BCUT2D eigenvalue weighted by atomic mass is 10.1. The van der Waals surface area contributed by atoms with E-state index in [-0.39, 0.29) is 23.7 Å². The first-order valence-corrected chi connectivity index (χ1v) is 8.08. The van der Waals surface area contributed by atoms with Crippen LogP contribution >= 0.6 is 0 Å². The van der Waals surface area contributed by atoms with Crippen LogP contribution in [0.15, 0.2) is 35.1 Å². The van der Waals surface area contributed by atoms with Crippen LogP contribution in [-0.2, 0) is 11.2 Å². The van der Waals surface area contributed by atoms with E-state index in [1.165, 1.54) is 16.6 Å². The maximum Gasteiger partial charge on any atom is 0.290 e. The Kier molecular flexibility index (Phi) is 4.87. The van der Waals surface area contributed by atoms with Crippen molar-refractivity contribution in [1.82, 2.24) is 25.1 Å². The number of aromatic amines is 1. The van der Waals surface area contributed by atoms with Gasteiger partial charge in [-0.1, -0.05) is 13.3 Å². The molecule has 2 heterocycles. The van der Waals surface area contributed by atoms with Gasteiger partial charge in [-0.05, 0) is 36.8 Å². The highest BCUT2D eigenvalue weighted by atomic mass is 19.1. The molecule has 25 heavy (non-hydrogen) atoms. The van der Waals surface area contributed by atoms with Crippen LogP contribution in [0.3, 0.4) is 0 Å². The SMILES string of the molecule is CCCCNC(=O)Cc1n[nH]c(=O)c2cc(-c3ccc(F)cc3)nn12. The highest BCUT2D eigenvalue weighted by Gasteiger charge is 2.14. The van der Waals surface area contributed by atoms with Gasteiger partial charge in [0.15, 0.2) is 5.82 Å². The fraction of sp³-hybridized carbons (Fsp3) is 0.294.